The summed E-state index contributed by atoms with van der Waals surface area (Å²) in [5, 5.41) is 6.71. The maximum atomic E-state index is 13.0. The van der Waals surface area contributed by atoms with Gasteiger partial charge >= 0.3 is 5.97 Å². The van der Waals surface area contributed by atoms with Gasteiger partial charge in [0, 0.05) is 12.6 Å². The van der Waals surface area contributed by atoms with Crippen molar-refractivity contribution >= 4 is 11.9 Å². The van der Waals surface area contributed by atoms with Crippen LogP contribution in [0.15, 0.2) is 29.3 Å². The lowest BCUT2D eigenvalue weighted by Gasteiger charge is -2.29. The Morgan fingerprint density at radius 2 is 1.89 bits per heavy atom. The zero-order chi connectivity index (χ0) is 20.4. The van der Waals surface area contributed by atoms with Crippen LogP contribution in [0, 0.1) is 11.7 Å². The van der Waals surface area contributed by atoms with Crippen LogP contribution in [0.5, 0.6) is 5.75 Å². The molecule has 0 bridgehead atoms. The Bertz CT molecular complexity index is 628. The van der Waals surface area contributed by atoms with E-state index >= 15 is 0 Å². The average molecular weight is 394 g/mol. The van der Waals surface area contributed by atoms with Crippen LogP contribution in [0.3, 0.4) is 0 Å². The second-order valence-electron chi connectivity index (χ2n) is 7.05. The second-order valence-corrected chi connectivity index (χ2v) is 7.05. The minimum atomic E-state index is -0.283. The molecule has 1 aromatic carbocycles. The topological polar surface area (TPSA) is 72.0 Å². The van der Waals surface area contributed by atoms with Gasteiger partial charge in [0.05, 0.1) is 19.1 Å². The third kappa shape index (κ3) is 7.37. The molecule has 1 saturated carbocycles. The number of carbonyl (C=O) groups excluding carboxylic acids is 1. The molecule has 0 aromatic heterocycles. The number of nitrogens with zero attached hydrogens (tertiary/aromatic N) is 1. The minimum Gasteiger partial charge on any atom is -0.489 e. The number of hydrogen-bond acceptors (Lipinski definition) is 4. The number of halogens is 1. The third-order valence-corrected chi connectivity index (χ3v) is 4.69. The standard InChI is InChI=1S/C21H32FN3O3/c1-4-23-21(24-14-15(3)28-19-12-8-17(22)9-13-19)25-18-10-6-16(7-11-18)20(26)27-5-2/h8-9,12-13,15-16,18H,4-7,10-11,14H2,1-3H3,(H2,23,24,25). The number of guanidine groups is 1. The van der Waals surface area contributed by atoms with Gasteiger partial charge in [0.15, 0.2) is 5.96 Å². The molecule has 1 unspecified atom stereocenters. The molecule has 2 rings (SSSR count). The lowest BCUT2D eigenvalue weighted by Crippen LogP contribution is -2.45. The fourth-order valence-electron chi connectivity index (χ4n) is 3.25. The lowest BCUT2D eigenvalue weighted by molar-refractivity contribution is -0.149. The number of hydrogen-bond donors (Lipinski definition) is 2. The molecule has 1 aromatic rings. The van der Waals surface area contributed by atoms with Gasteiger partial charge in [0.2, 0.25) is 0 Å². The Morgan fingerprint density at radius 3 is 2.50 bits per heavy atom. The third-order valence-electron chi connectivity index (χ3n) is 4.69. The Kier molecular flexibility index (Phi) is 9.04. The number of aliphatic imine (C=N–C) groups is 1. The Morgan fingerprint density at radius 1 is 1.21 bits per heavy atom. The highest BCUT2D eigenvalue weighted by Gasteiger charge is 2.27. The highest BCUT2D eigenvalue weighted by atomic mass is 19.1. The van der Waals surface area contributed by atoms with Crippen LogP contribution in [0.4, 0.5) is 4.39 Å². The van der Waals surface area contributed by atoms with Gasteiger partial charge in [-0.1, -0.05) is 0 Å². The summed E-state index contributed by atoms with van der Waals surface area (Å²) in [6.45, 7) is 7.47. The summed E-state index contributed by atoms with van der Waals surface area (Å²) in [6, 6.07) is 6.27. The summed E-state index contributed by atoms with van der Waals surface area (Å²) in [7, 11) is 0. The molecule has 0 aliphatic heterocycles. The zero-order valence-electron chi connectivity index (χ0n) is 17.0. The summed E-state index contributed by atoms with van der Waals surface area (Å²) in [6.07, 6.45) is 3.35. The maximum Gasteiger partial charge on any atom is 0.308 e. The van der Waals surface area contributed by atoms with Crippen LogP contribution >= 0.6 is 0 Å². The Balaban J connectivity index is 1.81. The Labute approximate surface area is 166 Å². The molecule has 1 aliphatic rings. The van der Waals surface area contributed by atoms with Crippen molar-refractivity contribution in [3.63, 3.8) is 0 Å². The van der Waals surface area contributed by atoms with Crippen molar-refractivity contribution < 1.29 is 18.7 Å². The van der Waals surface area contributed by atoms with Crippen LogP contribution in [0.25, 0.3) is 0 Å². The first-order valence-corrected chi connectivity index (χ1v) is 10.2. The molecule has 6 nitrogen and oxygen atoms in total. The van der Waals surface area contributed by atoms with E-state index in [9.17, 15) is 9.18 Å². The van der Waals surface area contributed by atoms with Crippen molar-refractivity contribution in [2.24, 2.45) is 10.9 Å². The van der Waals surface area contributed by atoms with Gasteiger partial charge in [-0.2, -0.15) is 0 Å². The van der Waals surface area contributed by atoms with Gasteiger partial charge < -0.3 is 20.1 Å². The van der Waals surface area contributed by atoms with E-state index in [0.29, 0.717) is 18.9 Å². The van der Waals surface area contributed by atoms with Gasteiger partial charge in [-0.25, -0.2) is 9.38 Å². The van der Waals surface area contributed by atoms with Crippen molar-refractivity contribution in [2.45, 2.75) is 58.6 Å². The van der Waals surface area contributed by atoms with Gasteiger partial charge in [-0.15, -0.1) is 0 Å². The number of carbonyl (C=O) groups is 1. The van der Waals surface area contributed by atoms with E-state index in [1.54, 1.807) is 12.1 Å². The van der Waals surface area contributed by atoms with Crippen molar-refractivity contribution in [1.29, 1.82) is 0 Å². The number of esters is 1. The van der Waals surface area contributed by atoms with E-state index in [1.165, 1.54) is 12.1 Å². The molecule has 0 saturated heterocycles. The largest absolute Gasteiger partial charge is 0.489 e. The van der Waals surface area contributed by atoms with E-state index in [0.717, 1.165) is 38.2 Å². The fourth-order valence-corrected chi connectivity index (χ4v) is 3.25. The van der Waals surface area contributed by atoms with E-state index in [2.05, 4.69) is 15.6 Å². The van der Waals surface area contributed by atoms with E-state index in [1.807, 2.05) is 20.8 Å². The molecule has 0 spiro atoms. The van der Waals surface area contributed by atoms with E-state index < -0.39 is 0 Å². The highest BCUT2D eigenvalue weighted by Crippen LogP contribution is 2.25. The Hall–Kier alpha value is -2.31. The molecule has 0 heterocycles. The molecule has 2 N–H and O–H groups in total. The first-order chi connectivity index (χ1) is 13.5. The van der Waals surface area contributed by atoms with Crippen LogP contribution in [-0.4, -0.2) is 43.8 Å². The molecule has 1 fully saturated rings. The molecule has 28 heavy (non-hydrogen) atoms. The van der Waals surface area contributed by atoms with Crippen molar-refractivity contribution in [2.75, 3.05) is 19.7 Å². The lowest BCUT2D eigenvalue weighted by atomic mass is 9.86. The molecule has 1 atom stereocenters. The number of ether oxygens (including phenoxy) is 2. The van der Waals surface area contributed by atoms with Gasteiger partial charge in [0.25, 0.3) is 0 Å². The van der Waals surface area contributed by atoms with Crippen LogP contribution in [-0.2, 0) is 9.53 Å². The van der Waals surface area contributed by atoms with E-state index in [4.69, 9.17) is 9.47 Å². The molecule has 156 valence electrons. The van der Waals surface area contributed by atoms with Gasteiger partial charge in [-0.05, 0) is 70.7 Å². The first-order valence-electron chi connectivity index (χ1n) is 10.2. The molecule has 1 aliphatic carbocycles. The number of nitrogens with one attached hydrogen (secondary N) is 2. The first kappa shape index (κ1) is 22.0. The quantitative estimate of drug-likeness (QED) is 0.403. The van der Waals surface area contributed by atoms with Crippen LogP contribution < -0.4 is 15.4 Å². The van der Waals surface area contributed by atoms with Crippen LogP contribution in [0.1, 0.15) is 46.5 Å². The summed E-state index contributed by atoms with van der Waals surface area (Å²) < 4.78 is 23.9. The van der Waals surface area contributed by atoms with Gasteiger partial charge in [-0.3, -0.25) is 4.79 Å². The molecule has 0 amide bonds. The average Bonchev–Trinajstić information content (AvgIpc) is 2.69. The summed E-state index contributed by atoms with van der Waals surface area (Å²) in [4.78, 5) is 16.5. The summed E-state index contributed by atoms with van der Waals surface area (Å²) >= 11 is 0. The maximum absolute atomic E-state index is 13.0. The van der Waals surface area contributed by atoms with Crippen molar-refractivity contribution in [3.8, 4) is 5.75 Å². The van der Waals surface area contributed by atoms with Crippen molar-refractivity contribution in [1.82, 2.24) is 10.6 Å². The normalized spacial score (nSPS) is 20.9. The minimum absolute atomic E-state index is 0.0154. The monoisotopic (exact) mass is 393 g/mol. The molecule has 0 radical (unpaired) electrons. The fraction of sp³-hybridized carbons (Fsp3) is 0.619. The summed E-state index contributed by atoms with van der Waals surface area (Å²) in [5.41, 5.74) is 0. The summed E-state index contributed by atoms with van der Waals surface area (Å²) in [5.74, 6) is 1.03. The SMILES string of the molecule is CCNC(=NCC(C)Oc1ccc(F)cc1)NC1CCC(C(=O)OCC)CC1. The molecular weight excluding hydrogens is 361 g/mol. The second kappa shape index (κ2) is 11.5. The number of benzene rings is 1. The molecular formula is C21H32FN3O3. The predicted molar refractivity (Wildman–Crippen MR) is 108 cm³/mol. The number of rotatable bonds is 8. The molecule has 7 heteroatoms. The highest BCUT2D eigenvalue weighted by molar-refractivity contribution is 5.80. The predicted octanol–water partition coefficient (Wildman–Crippen LogP) is 3.27. The zero-order valence-corrected chi connectivity index (χ0v) is 17.0. The van der Waals surface area contributed by atoms with Crippen LogP contribution in [0.2, 0.25) is 0 Å². The van der Waals surface area contributed by atoms with Crippen molar-refractivity contribution in [3.05, 3.63) is 30.1 Å². The van der Waals surface area contributed by atoms with E-state index in [-0.39, 0.29) is 29.9 Å². The smallest absolute Gasteiger partial charge is 0.308 e. The van der Waals surface area contributed by atoms with Gasteiger partial charge in [0.1, 0.15) is 17.7 Å².